The fraction of sp³-hybridized carbons (Fsp3) is 0.320. The van der Waals surface area contributed by atoms with Gasteiger partial charge < -0.3 is 23.9 Å². The van der Waals surface area contributed by atoms with Gasteiger partial charge in [0.25, 0.3) is 12.0 Å². The molecule has 36 heavy (non-hydrogen) atoms. The number of carbonyl (C=O) groups excluding carboxylic acids is 1. The quantitative estimate of drug-likeness (QED) is 0.405. The maximum absolute atomic E-state index is 13.1. The molecular weight excluding hydrogens is 494 g/mol. The summed E-state index contributed by atoms with van der Waals surface area (Å²) in [4.78, 5) is 35.4. The van der Waals surface area contributed by atoms with Crippen LogP contribution in [0.25, 0.3) is 21.8 Å². The molecule has 2 aromatic heterocycles. The van der Waals surface area contributed by atoms with Gasteiger partial charge in [0.15, 0.2) is 0 Å². The van der Waals surface area contributed by atoms with E-state index in [1.807, 2.05) is 12.1 Å². The van der Waals surface area contributed by atoms with Gasteiger partial charge in [-0.15, -0.1) is 0 Å². The molecule has 0 unspecified atom stereocenters. The minimum absolute atomic E-state index is 0.0722. The van der Waals surface area contributed by atoms with Gasteiger partial charge >= 0.3 is 0 Å². The van der Waals surface area contributed by atoms with Crippen LogP contribution in [0.5, 0.6) is 5.75 Å². The van der Waals surface area contributed by atoms with Crippen molar-refractivity contribution in [1.29, 1.82) is 0 Å². The molecule has 2 aromatic carbocycles. The zero-order chi connectivity index (χ0) is 25.2. The molecule has 1 aliphatic rings. The first-order valence-electron chi connectivity index (χ1n) is 11.4. The number of fused-ring (bicyclic) bond motifs is 2. The highest BCUT2D eigenvalue weighted by Gasteiger charge is 2.19. The molecule has 1 amide bonds. The molecule has 0 radical (unpaired) electrons. The summed E-state index contributed by atoms with van der Waals surface area (Å²) in [6, 6.07) is 10.3. The van der Waals surface area contributed by atoms with Crippen molar-refractivity contribution in [3.8, 4) is 5.75 Å². The lowest BCUT2D eigenvalue weighted by molar-refractivity contribution is -0.135. The van der Waals surface area contributed by atoms with Gasteiger partial charge in [0.05, 0.1) is 29.3 Å². The van der Waals surface area contributed by atoms with E-state index in [1.165, 1.54) is 10.6 Å². The normalized spacial score (nSPS) is 14.2. The molecule has 0 bridgehead atoms. The van der Waals surface area contributed by atoms with Crippen molar-refractivity contribution in [2.75, 3.05) is 32.9 Å². The van der Waals surface area contributed by atoms with E-state index in [0.717, 1.165) is 10.9 Å². The summed E-state index contributed by atoms with van der Waals surface area (Å²) in [5.41, 5.74) is 1.70. The van der Waals surface area contributed by atoms with Gasteiger partial charge in [0.1, 0.15) is 24.7 Å². The number of nitrogens with one attached hydrogen (secondary N) is 1. The summed E-state index contributed by atoms with van der Waals surface area (Å²) in [6.07, 6.45) is -0.586. The number of rotatable bonds is 7. The average Bonchev–Trinajstić information content (AvgIpc) is 3.26. The predicted octanol–water partition coefficient (Wildman–Crippen LogP) is 3.62. The lowest BCUT2D eigenvalue weighted by Gasteiger charge is -2.27. The minimum Gasteiger partial charge on any atom is -0.486 e. The topological polar surface area (TPSA) is 89.5 Å². The number of imidazole rings is 1. The van der Waals surface area contributed by atoms with Crippen LogP contribution in [-0.4, -0.2) is 64.7 Å². The molecular formula is C25H23ClF2N4O4. The van der Waals surface area contributed by atoms with E-state index >= 15 is 0 Å². The fourth-order valence-electron chi connectivity index (χ4n) is 4.33. The standard InChI is InChI=1S/C25H23ClF2N4O4/c26-18-10-19-20(11-21(18)36-14-22(27)28)30-23(29-19)9-15-12-32(13-24(33)31-5-7-35-8-6-31)25(34)17-4-2-1-3-16(15)17/h1-4,10-12,22H,5-9,13-14H2,(H,29,30). The minimum atomic E-state index is -2.62. The van der Waals surface area contributed by atoms with E-state index in [2.05, 4.69) is 9.97 Å². The Bertz CT molecular complexity index is 1480. The SMILES string of the molecule is O=C(Cn1cc(Cc2nc3cc(OCC(F)F)c(Cl)cc3[nH]2)c2ccccc2c1=O)N1CCOCC1. The second kappa shape index (κ2) is 10.2. The van der Waals surface area contributed by atoms with Crippen molar-refractivity contribution >= 4 is 39.3 Å². The average molecular weight is 517 g/mol. The summed E-state index contributed by atoms with van der Waals surface area (Å²) in [7, 11) is 0. The highest BCUT2D eigenvalue weighted by Crippen LogP contribution is 2.30. The van der Waals surface area contributed by atoms with Crippen molar-refractivity contribution in [3.05, 3.63) is 69.4 Å². The maximum Gasteiger partial charge on any atom is 0.272 e. The van der Waals surface area contributed by atoms with Crippen LogP contribution >= 0.6 is 11.6 Å². The van der Waals surface area contributed by atoms with Crippen LogP contribution < -0.4 is 10.3 Å². The molecule has 1 saturated heterocycles. The van der Waals surface area contributed by atoms with Crippen LogP contribution in [0.2, 0.25) is 5.02 Å². The first-order chi connectivity index (χ1) is 17.4. The molecule has 0 aliphatic carbocycles. The third-order valence-corrected chi connectivity index (χ3v) is 6.35. The third kappa shape index (κ3) is 5.05. The van der Waals surface area contributed by atoms with Crippen LogP contribution in [0, 0.1) is 0 Å². The maximum atomic E-state index is 13.1. The number of halogens is 3. The smallest absolute Gasteiger partial charge is 0.272 e. The van der Waals surface area contributed by atoms with Gasteiger partial charge in [-0.1, -0.05) is 29.8 Å². The lowest BCUT2D eigenvalue weighted by atomic mass is 10.0. The summed E-state index contributed by atoms with van der Waals surface area (Å²) in [5, 5.41) is 1.46. The number of hydrogen-bond donors (Lipinski definition) is 1. The van der Waals surface area contributed by atoms with Gasteiger partial charge in [-0.05, 0) is 23.1 Å². The van der Waals surface area contributed by atoms with E-state index in [0.29, 0.717) is 55.0 Å². The van der Waals surface area contributed by atoms with Gasteiger partial charge in [0, 0.05) is 37.2 Å². The number of morpholine rings is 1. The van der Waals surface area contributed by atoms with Crippen molar-refractivity contribution in [2.24, 2.45) is 0 Å². The van der Waals surface area contributed by atoms with Crippen molar-refractivity contribution in [3.63, 3.8) is 0 Å². The molecule has 5 rings (SSSR count). The number of aromatic amines is 1. The molecule has 0 atom stereocenters. The number of amides is 1. The Hall–Kier alpha value is -3.50. The number of H-pyrrole nitrogens is 1. The Labute approximate surface area is 209 Å². The van der Waals surface area contributed by atoms with Gasteiger partial charge in [-0.3, -0.25) is 9.59 Å². The van der Waals surface area contributed by atoms with Gasteiger partial charge in [-0.25, -0.2) is 13.8 Å². The first-order valence-corrected chi connectivity index (χ1v) is 11.8. The summed E-state index contributed by atoms with van der Waals surface area (Å²) < 4.78 is 36.9. The molecule has 8 nitrogen and oxygen atoms in total. The van der Waals surface area contributed by atoms with E-state index in [-0.39, 0.29) is 28.8 Å². The molecule has 11 heteroatoms. The lowest BCUT2D eigenvalue weighted by Crippen LogP contribution is -2.43. The highest BCUT2D eigenvalue weighted by molar-refractivity contribution is 6.32. The molecule has 0 saturated carbocycles. The summed E-state index contributed by atoms with van der Waals surface area (Å²) >= 11 is 6.19. The number of ether oxygens (including phenoxy) is 2. The molecule has 188 valence electrons. The Morgan fingerprint density at radius 3 is 2.69 bits per heavy atom. The van der Waals surface area contributed by atoms with E-state index in [9.17, 15) is 18.4 Å². The largest absolute Gasteiger partial charge is 0.486 e. The van der Waals surface area contributed by atoms with Crippen molar-refractivity contribution in [1.82, 2.24) is 19.4 Å². The van der Waals surface area contributed by atoms with Crippen molar-refractivity contribution in [2.45, 2.75) is 19.4 Å². The molecule has 4 aromatic rings. The van der Waals surface area contributed by atoms with Crippen LogP contribution in [0.3, 0.4) is 0 Å². The number of nitrogens with zero attached hydrogens (tertiary/aromatic N) is 3. The molecule has 1 N–H and O–H groups in total. The Balaban J connectivity index is 1.47. The van der Waals surface area contributed by atoms with Gasteiger partial charge in [0.2, 0.25) is 5.91 Å². The molecule has 3 heterocycles. The van der Waals surface area contributed by atoms with Crippen LogP contribution in [0.15, 0.2) is 47.4 Å². The molecule has 1 aliphatic heterocycles. The van der Waals surface area contributed by atoms with Gasteiger partial charge in [-0.2, -0.15) is 0 Å². The Morgan fingerprint density at radius 2 is 1.94 bits per heavy atom. The number of aromatic nitrogens is 3. The van der Waals surface area contributed by atoms with E-state index in [4.69, 9.17) is 21.1 Å². The number of hydrogen-bond acceptors (Lipinski definition) is 5. The van der Waals surface area contributed by atoms with Crippen molar-refractivity contribution < 1.29 is 23.0 Å². The first kappa shape index (κ1) is 24.2. The van der Waals surface area contributed by atoms with Crippen LogP contribution in [-0.2, 0) is 22.5 Å². The Kier molecular flexibility index (Phi) is 6.88. The van der Waals surface area contributed by atoms with E-state index < -0.39 is 13.0 Å². The fourth-order valence-corrected chi connectivity index (χ4v) is 4.55. The predicted molar refractivity (Wildman–Crippen MR) is 131 cm³/mol. The Morgan fingerprint density at radius 1 is 1.19 bits per heavy atom. The second-order valence-electron chi connectivity index (χ2n) is 8.49. The highest BCUT2D eigenvalue weighted by atomic mass is 35.5. The summed E-state index contributed by atoms with van der Waals surface area (Å²) in [6.45, 7) is 1.12. The number of carbonyl (C=O) groups is 1. The monoisotopic (exact) mass is 516 g/mol. The molecule has 0 spiro atoms. The number of pyridine rings is 1. The summed E-state index contributed by atoms with van der Waals surface area (Å²) in [5.74, 6) is 0.571. The van der Waals surface area contributed by atoms with E-state index in [1.54, 1.807) is 29.3 Å². The second-order valence-corrected chi connectivity index (χ2v) is 8.90. The number of benzene rings is 2. The third-order valence-electron chi connectivity index (χ3n) is 6.05. The zero-order valence-electron chi connectivity index (χ0n) is 19.2. The number of alkyl halides is 2. The van der Waals surface area contributed by atoms with Crippen LogP contribution in [0.1, 0.15) is 11.4 Å². The molecule has 1 fully saturated rings. The van der Waals surface area contributed by atoms with Crippen LogP contribution in [0.4, 0.5) is 8.78 Å². The zero-order valence-corrected chi connectivity index (χ0v) is 19.9.